The second-order valence-corrected chi connectivity index (χ2v) is 3.54. The van der Waals surface area contributed by atoms with Crippen molar-refractivity contribution >= 4 is 27.0 Å². The molecule has 0 unspecified atom stereocenters. The molecule has 2 rings (SSSR count). The molecule has 0 radical (unpaired) electrons. The molecule has 0 atom stereocenters. The average molecular weight is 266 g/mol. The number of hydrogen-bond acceptors (Lipinski definition) is 2. The first-order chi connectivity index (χ1) is 6.47. The summed E-state index contributed by atoms with van der Waals surface area (Å²) in [6, 6.07) is 4.50. The molecule has 2 aromatic rings. The maximum Gasteiger partial charge on any atom is 0.468 e. The van der Waals surface area contributed by atoms with Gasteiger partial charge in [0.1, 0.15) is 5.52 Å². The molecule has 0 saturated heterocycles. The predicted octanol–water partition coefficient (Wildman–Crippen LogP) is 3.61. The van der Waals surface area contributed by atoms with Crippen LogP contribution in [-0.4, -0.2) is 4.98 Å². The minimum atomic E-state index is -4.54. The molecular weight excluding hydrogens is 263 g/mol. The minimum absolute atomic E-state index is 0.117. The fraction of sp³-hybridized carbons (Fsp3) is 0.125. The monoisotopic (exact) mass is 265 g/mol. The summed E-state index contributed by atoms with van der Waals surface area (Å²) in [6.07, 6.45) is -4.54. The molecule has 0 N–H and O–H groups in total. The van der Waals surface area contributed by atoms with Crippen molar-refractivity contribution in [1.82, 2.24) is 4.98 Å². The first kappa shape index (κ1) is 9.51. The van der Waals surface area contributed by atoms with E-state index >= 15 is 0 Å². The zero-order valence-corrected chi connectivity index (χ0v) is 8.19. The first-order valence-electron chi connectivity index (χ1n) is 3.60. The third-order valence-electron chi connectivity index (χ3n) is 1.59. The van der Waals surface area contributed by atoms with Crippen molar-refractivity contribution in [2.75, 3.05) is 0 Å². The van der Waals surface area contributed by atoms with E-state index in [0.717, 1.165) is 0 Å². The molecule has 0 aliphatic rings. The van der Waals surface area contributed by atoms with Gasteiger partial charge in [-0.15, -0.1) is 0 Å². The van der Waals surface area contributed by atoms with Crippen LogP contribution in [0.4, 0.5) is 13.2 Å². The standard InChI is InChI=1S/C8H3BrF3NO/c9-4-1-2-5-6(3-4)14-7(13-5)8(10,11)12/h1-3H. The van der Waals surface area contributed by atoms with Gasteiger partial charge in [0.05, 0.1) is 0 Å². The SMILES string of the molecule is FC(F)(F)c1nc2ccc(Br)cc2o1. The normalized spacial score (nSPS) is 12.3. The van der Waals surface area contributed by atoms with E-state index in [9.17, 15) is 13.2 Å². The van der Waals surface area contributed by atoms with Crippen LogP contribution >= 0.6 is 15.9 Å². The fourth-order valence-electron chi connectivity index (χ4n) is 1.02. The fourth-order valence-corrected chi connectivity index (χ4v) is 1.36. The van der Waals surface area contributed by atoms with E-state index in [1.807, 2.05) is 0 Å². The van der Waals surface area contributed by atoms with Crippen molar-refractivity contribution in [3.63, 3.8) is 0 Å². The van der Waals surface area contributed by atoms with Crippen molar-refractivity contribution in [3.8, 4) is 0 Å². The van der Waals surface area contributed by atoms with Crippen LogP contribution in [0.1, 0.15) is 5.89 Å². The van der Waals surface area contributed by atoms with Gasteiger partial charge in [0.15, 0.2) is 5.58 Å². The molecule has 0 saturated carbocycles. The van der Waals surface area contributed by atoms with Crippen LogP contribution in [0.25, 0.3) is 11.1 Å². The Morgan fingerprint density at radius 1 is 1.29 bits per heavy atom. The smallest absolute Gasteiger partial charge is 0.433 e. The summed E-state index contributed by atoms with van der Waals surface area (Å²) in [4.78, 5) is 3.31. The van der Waals surface area contributed by atoms with Crippen molar-refractivity contribution in [3.05, 3.63) is 28.6 Å². The molecule has 1 heterocycles. The van der Waals surface area contributed by atoms with E-state index in [2.05, 4.69) is 25.3 Å². The van der Waals surface area contributed by atoms with E-state index in [-0.39, 0.29) is 11.1 Å². The lowest BCUT2D eigenvalue weighted by Crippen LogP contribution is -2.04. The first-order valence-corrected chi connectivity index (χ1v) is 4.39. The van der Waals surface area contributed by atoms with Gasteiger partial charge in [-0.05, 0) is 18.2 Å². The molecule has 0 bridgehead atoms. The predicted molar refractivity (Wildman–Crippen MR) is 46.7 cm³/mol. The van der Waals surface area contributed by atoms with E-state index in [1.165, 1.54) is 12.1 Å². The lowest BCUT2D eigenvalue weighted by atomic mass is 10.3. The molecular formula is C8H3BrF3NO. The molecule has 1 aromatic carbocycles. The Hall–Kier alpha value is -1.04. The lowest BCUT2D eigenvalue weighted by Gasteiger charge is -1.97. The second-order valence-electron chi connectivity index (χ2n) is 2.63. The van der Waals surface area contributed by atoms with Gasteiger partial charge < -0.3 is 4.42 Å². The van der Waals surface area contributed by atoms with Crippen LogP contribution in [0, 0.1) is 0 Å². The zero-order valence-electron chi connectivity index (χ0n) is 6.60. The van der Waals surface area contributed by atoms with Crippen LogP contribution < -0.4 is 0 Å². The highest BCUT2D eigenvalue weighted by Gasteiger charge is 2.37. The molecule has 0 aliphatic heterocycles. The second kappa shape index (κ2) is 2.98. The maximum atomic E-state index is 12.2. The highest BCUT2D eigenvalue weighted by molar-refractivity contribution is 9.10. The molecule has 74 valence electrons. The summed E-state index contributed by atoms with van der Waals surface area (Å²) in [6.45, 7) is 0. The average Bonchev–Trinajstić information content (AvgIpc) is 2.45. The number of fused-ring (bicyclic) bond motifs is 1. The number of aromatic nitrogens is 1. The van der Waals surface area contributed by atoms with Crippen LogP contribution in [0.15, 0.2) is 27.1 Å². The number of benzene rings is 1. The van der Waals surface area contributed by atoms with Crippen molar-refractivity contribution in [1.29, 1.82) is 0 Å². The highest BCUT2D eigenvalue weighted by Crippen LogP contribution is 2.31. The molecule has 0 aliphatic carbocycles. The van der Waals surface area contributed by atoms with Gasteiger partial charge in [-0.1, -0.05) is 15.9 Å². The van der Waals surface area contributed by atoms with Crippen LogP contribution in [0.3, 0.4) is 0 Å². The Balaban J connectivity index is 2.63. The maximum absolute atomic E-state index is 12.2. The number of oxazole rings is 1. The molecule has 1 aromatic heterocycles. The lowest BCUT2D eigenvalue weighted by molar-refractivity contribution is -0.156. The molecule has 0 amide bonds. The number of nitrogens with zero attached hydrogens (tertiary/aromatic N) is 1. The topological polar surface area (TPSA) is 26.0 Å². The van der Waals surface area contributed by atoms with Gasteiger partial charge in [0, 0.05) is 4.47 Å². The number of hydrogen-bond donors (Lipinski definition) is 0. The highest BCUT2D eigenvalue weighted by atomic mass is 79.9. The summed E-state index contributed by atoms with van der Waals surface area (Å²) in [5.41, 5.74) is 0.312. The Kier molecular flexibility index (Phi) is 2.02. The number of halogens is 4. The van der Waals surface area contributed by atoms with Gasteiger partial charge in [-0.3, -0.25) is 0 Å². The summed E-state index contributed by atoms with van der Waals surface area (Å²) >= 11 is 3.12. The largest absolute Gasteiger partial charge is 0.468 e. The molecule has 14 heavy (non-hydrogen) atoms. The Morgan fingerprint density at radius 2 is 2.00 bits per heavy atom. The van der Waals surface area contributed by atoms with E-state index in [1.54, 1.807) is 6.07 Å². The van der Waals surface area contributed by atoms with Gasteiger partial charge >= 0.3 is 12.1 Å². The van der Waals surface area contributed by atoms with Crippen LogP contribution in [-0.2, 0) is 6.18 Å². The summed E-state index contributed by atoms with van der Waals surface area (Å²) in [7, 11) is 0. The number of rotatable bonds is 0. The summed E-state index contributed by atoms with van der Waals surface area (Å²) in [5, 5.41) is 0. The third-order valence-corrected chi connectivity index (χ3v) is 2.09. The third kappa shape index (κ3) is 1.61. The van der Waals surface area contributed by atoms with E-state index < -0.39 is 12.1 Å². The zero-order chi connectivity index (χ0) is 10.3. The van der Waals surface area contributed by atoms with Crippen molar-refractivity contribution < 1.29 is 17.6 Å². The van der Waals surface area contributed by atoms with E-state index in [0.29, 0.717) is 4.47 Å². The summed E-state index contributed by atoms with van der Waals surface area (Å²) < 4.78 is 41.7. The van der Waals surface area contributed by atoms with Crippen molar-refractivity contribution in [2.45, 2.75) is 6.18 Å². The van der Waals surface area contributed by atoms with Crippen LogP contribution in [0.2, 0.25) is 0 Å². The summed E-state index contributed by atoms with van der Waals surface area (Å²) in [5.74, 6) is -1.22. The molecule has 0 fully saturated rings. The quantitative estimate of drug-likeness (QED) is 0.728. The molecule has 2 nitrogen and oxygen atoms in total. The van der Waals surface area contributed by atoms with Gasteiger partial charge in [0.25, 0.3) is 0 Å². The Labute approximate surface area is 84.9 Å². The Morgan fingerprint density at radius 3 is 2.64 bits per heavy atom. The number of alkyl halides is 3. The van der Waals surface area contributed by atoms with Gasteiger partial charge in [0.2, 0.25) is 0 Å². The Bertz CT molecular complexity index is 477. The van der Waals surface area contributed by atoms with E-state index in [4.69, 9.17) is 0 Å². The van der Waals surface area contributed by atoms with Gasteiger partial charge in [-0.25, -0.2) is 4.98 Å². The minimum Gasteiger partial charge on any atom is -0.433 e. The molecule has 0 spiro atoms. The van der Waals surface area contributed by atoms with Gasteiger partial charge in [-0.2, -0.15) is 13.2 Å². The van der Waals surface area contributed by atoms with Crippen LogP contribution in [0.5, 0.6) is 0 Å². The molecule has 6 heteroatoms. The van der Waals surface area contributed by atoms with Crippen molar-refractivity contribution in [2.24, 2.45) is 0 Å².